The monoisotopic (exact) mass is 494 g/mol. The van der Waals surface area contributed by atoms with Gasteiger partial charge in [-0.15, -0.1) is 0 Å². The molecule has 8 heteroatoms. The fourth-order valence-corrected chi connectivity index (χ4v) is 5.56. The second kappa shape index (κ2) is 10.6. The largest absolute Gasteiger partial charge is 0.385 e. The van der Waals surface area contributed by atoms with E-state index in [9.17, 15) is 9.59 Å². The Morgan fingerprint density at radius 2 is 2.08 bits per heavy atom. The molecule has 0 unspecified atom stereocenters. The van der Waals surface area contributed by atoms with Crippen LogP contribution in [-0.4, -0.2) is 52.8 Å². The number of benzene rings is 1. The summed E-state index contributed by atoms with van der Waals surface area (Å²) >= 11 is 0. The summed E-state index contributed by atoms with van der Waals surface area (Å²) in [6, 6.07) is 8.98. The number of aryl methyl sites for hydroxylation is 2. The van der Waals surface area contributed by atoms with Crippen molar-refractivity contribution in [2.24, 2.45) is 13.0 Å². The van der Waals surface area contributed by atoms with Crippen LogP contribution < -0.4 is 10.9 Å². The van der Waals surface area contributed by atoms with Crippen LogP contribution in [0.1, 0.15) is 42.7 Å². The molecular formula is C28H35FN4O3. The molecule has 5 rings (SSSR count). The molecule has 2 fully saturated rings. The number of pyridine rings is 1. The van der Waals surface area contributed by atoms with Crippen LogP contribution in [-0.2, 0) is 29.7 Å². The molecule has 36 heavy (non-hydrogen) atoms. The molecular weight excluding hydrogens is 459 g/mol. The van der Waals surface area contributed by atoms with Crippen molar-refractivity contribution in [2.45, 2.75) is 50.7 Å². The van der Waals surface area contributed by atoms with Gasteiger partial charge in [0.15, 0.2) is 0 Å². The van der Waals surface area contributed by atoms with E-state index >= 15 is 4.39 Å². The summed E-state index contributed by atoms with van der Waals surface area (Å²) in [4.78, 5) is 28.3. The molecule has 1 saturated carbocycles. The van der Waals surface area contributed by atoms with Gasteiger partial charge in [-0.25, -0.2) is 4.39 Å². The van der Waals surface area contributed by atoms with Crippen LogP contribution in [0.4, 0.5) is 4.39 Å². The Kier molecular flexibility index (Phi) is 7.25. The van der Waals surface area contributed by atoms with Crippen molar-refractivity contribution < 1.29 is 13.9 Å². The molecule has 1 saturated heterocycles. The fraction of sp³-hybridized carbons (Fsp3) is 0.500. The van der Waals surface area contributed by atoms with Crippen LogP contribution >= 0.6 is 0 Å². The van der Waals surface area contributed by atoms with E-state index < -0.39 is 0 Å². The lowest BCUT2D eigenvalue weighted by molar-refractivity contribution is -0.138. The molecule has 0 radical (unpaired) electrons. The van der Waals surface area contributed by atoms with Gasteiger partial charge in [-0.1, -0.05) is 6.07 Å². The van der Waals surface area contributed by atoms with Gasteiger partial charge in [0.05, 0.1) is 11.4 Å². The van der Waals surface area contributed by atoms with Gasteiger partial charge >= 0.3 is 0 Å². The summed E-state index contributed by atoms with van der Waals surface area (Å²) in [6.07, 6.45) is 7.35. The minimum absolute atomic E-state index is 0.0129. The fourth-order valence-electron chi connectivity index (χ4n) is 5.56. The first kappa shape index (κ1) is 24.7. The van der Waals surface area contributed by atoms with Gasteiger partial charge in [0, 0.05) is 70.3 Å². The molecule has 3 aromatic rings. The molecule has 3 heterocycles. The molecule has 0 spiro atoms. The topological polar surface area (TPSA) is 68.5 Å². The Hall–Kier alpha value is -2.97. The number of hydrogen-bond acceptors (Lipinski definition) is 4. The lowest BCUT2D eigenvalue weighted by atomic mass is 9.80. The number of amides is 1. The average Bonchev–Trinajstić information content (AvgIpc) is 3.66. The minimum atomic E-state index is -0.258. The summed E-state index contributed by atoms with van der Waals surface area (Å²) in [5, 5.41) is 3.98. The van der Waals surface area contributed by atoms with Crippen LogP contribution in [0.15, 0.2) is 47.5 Å². The van der Waals surface area contributed by atoms with Gasteiger partial charge in [0.2, 0.25) is 5.91 Å². The predicted molar refractivity (Wildman–Crippen MR) is 137 cm³/mol. The van der Waals surface area contributed by atoms with E-state index in [4.69, 9.17) is 4.74 Å². The van der Waals surface area contributed by atoms with Crippen LogP contribution in [0, 0.1) is 11.7 Å². The number of carbonyl (C=O) groups is 1. The first-order chi connectivity index (χ1) is 17.5. The molecule has 192 valence electrons. The summed E-state index contributed by atoms with van der Waals surface area (Å²) in [5.41, 5.74) is 2.55. The van der Waals surface area contributed by atoms with E-state index in [0.29, 0.717) is 25.1 Å². The summed E-state index contributed by atoms with van der Waals surface area (Å²) in [7, 11) is 3.41. The van der Waals surface area contributed by atoms with Crippen molar-refractivity contribution in [1.82, 2.24) is 19.4 Å². The second-order valence-electron chi connectivity index (χ2n) is 10.1. The minimum Gasteiger partial charge on any atom is -0.385 e. The summed E-state index contributed by atoms with van der Waals surface area (Å²) < 4.78 is 23.9. The maximum Gasteiger partial charge on any atom is 0.250 e. The van der Waals surface area contributed by atoms with Gasteiger partial charge in [0.25, 0.3) is 5.56 Å². The molecule has 1 aliphatic carbocycles. The van der Waals surface area contributed by atoms with Gasteiger partial charge in [0.1, 0.15) is 5.82 Å². The molecule has 7 nitrogen and oxygen atoms in total. The lowest BCUT2D eigenvalue weighted by Gasteiger charge is -2.35. The zero-order valence-electron chi connectivity index (χ0n) is 21.1. The van der Waals surface area contributed by atoms with Crippen LogP contribution in [0.5, 0.6) is 0 Å². The van der Waals surface area contributed by atoms with Gasteiger partial charge < -0.3 is 24.1 Å². The Balaban J connectivity index is 1.44. The number of ether oxygens (including phenoxy) is 1. The van der Waals surface area contributed by atoms with Crippen molar-refractivity contribution in [3.63, 3.8) is 0 Å². The van der Waals surface area contributed by atoms with E-state index in [1.807, 2.05) is 23.2 Å². The van der Waals surface area contributed by atoms with E-state index in [2.05, 4.69) is 9.88 Å². The third-order valence-electron chi connectivity index (χ3n) is 7.65. The third-order valence-corrected chi connectivity index (χ3v) is 7.65. The van der Waals surface area contributed by atoms with E-state index in [0.717, 1.165) is 55.4 Å². The van der Waals surface area contributed by atoms with Gasteiger partial charge in [-0.05, 0) is 67.5 Å². The number of fused-ring (bicyclic) bond motifs is 1. The Labute approximate surface area is 210 Å². The van der Waals surface area contributed by atoms with Crippen molar-refractivity contribution in [3.05, 3.63) is 70.0 Å². The maximum absolute atomic E-state index is 15.0. The number of carbonyl (C=O) groups excluding carboxylic acids is 1. The molecule has 1 N–H and O–H groups in total. The SMILES string of the molecule is COCCCn1cc(CN(C(=O)[C@H]2CNCC[C@@H]2c2ccn(C)c(=O)c2)C2CC2)c2c(F)cccc21. The Bertz CT molecular complexity index is 1300. The normalized spacial score (nSPS) is 20.1. The van der Waals surface area contributed by atoms with Crippen molar-refractivity contribution in [3.8, 4) is 0 Å². The quantitative estimate of drug-likeness (QED) is 0.463. The van der Waals surface area contributed by atoms with Gasteiger partial charge in [-0.3, -0.25) is 9.59 Å². The van der Waals surface area contributed by atoms with E-state index in [1.54, 1.807) is 37.1 Å². The van der Waals surface area contributed by atoms with Crippen LogP contribution in [0.25, 0.3) is 10.9 Å². The number of aromatic nitrogens is 2. The van der Waals surface area contributed by atoms with Gasteiger partial charge in [-0.2, -0.15) is 0 Å². The highest BCUT2D eigenvalue weighted by molar-refractivity contribution is 5.86. The molecule has 1 aromatic carbocycles. The number of halogens is 1. The zero-order chi connectivity index (χ0) is 25.2. The van der Waals surface area contributed by atoms with Crippen molar-refractivity contribution in [1.29, 1.82) is 0 Å². The molecule has 2 aromatic heterocycles. The third kappa shape index (κ3) is 4.97. The van der Waals surface area contributed by atoms with Crippen molar-refractivity contribution in [2.75, 3.05) is 26.8 Å². The molecule has 2 atom stereocenters. The Morgan fingerprint density at radius 3 is 2.83 bits per heavy atom. The smallest absolute Gasteiger partial charge is 0.250 e. The Morgan fingerprint density at radius 1 is 1.25 bits per heavy atom. The molecule has 1 amide bonds. The summed E-state index contributed by atoms with van der Waals surface area (Å²) in [5.74, 6) is -0.437. The van der Waals surface area contributed by atoms with E-state index in [1.165, 1.54) is 6.07 Å². The highest BCUT2D eigenvalue weighted by Crippen LogP contribution is 2.37. The predicted octanol–water partition coefficient (Wildman–Crippen LogP) is 3.40. The zero-order valence-corrected chi connectivity index (χ0v) is 21.1. The van der Waals surface area contributed by atoms with Crippen LogP contribution in [0.3, 0.4) is 0 Å². The molecule has 0 bridgehead atoms. The number of rotatable bonds is 9. The first-order valence-corrected chi connectivity index (χ1v) is 12.9. The number of methoxy groups -OCH3 is 1. The molecule has 1 aliphatic heterocycles. The molecule has 2 aliphatic rings. The highest BCUT2D eigenvalue weighted by atomic mass is 19.1. The second-order valence-corrected chi connectivity index (χ2v) is 10.1. The first-order valence-electron chi connectivity index (χ1n) is 12.9. The number of hydrogen-bond donors (Lipinski definition) is 1. The highest BCUT2D eigenvalue weighted by Gasteiger charge is 2.40. The van der Waals surface area contributed by atoms with Crippen molar-refractivity contribution >= 4 is 16.8 Å². The number of piperidine rings is 1. The maximum atomic E-state index is 15.0. The standard InChI is InChI=1S/C28H35FN4O3/c1-31-13-10-19(15-26(31)34)22-9-11-30-16-23(22)28(35)33(21-7-8-21)18-20-17-32(12-4-14-36-2)25-6-3-5-24(29)27(20)25/h3,5-6,10,13,15,17,21-23,30H,4,7-9,11-12,14,16,18H2,1-2H3/t22-,23+/m1/s1. The number of nitrogens with one attached hydrogen (secondary N) is 1. The van der Waals surface area contributed by atoms with E-state index in [-0.39, 0.29) is 35.2 Å². The lowest BCUT2D eigenvalue weighted by Crippen LogP contribution is -2.47. The average molecular weight is 495 g/mol. The summed E-state index contributed by atoms with van der Waals surface area (Å²) in [6.45, 7) is 3.14. The number of nitrogens with zero attached hydrogens (tertiary/aromatic N) is 3. The van der Waals surface area contributed by atoms with Crippen LogP contribution in [0.2, 0.25) is 0 Å².